The molecule has 4 nitrogen and oxygen atoms in total. The van der Waals surface area contributed by atoms with Crippen LogP contribution in [0.15, 0.2) is 48.5 Å². The van der Waals surface area contributed by atoms with Crippen LogP contribution < -0.4 is 5.32 Å². The molecule has 0 aliphatic rings. The number of hydrogen-bond donors (Lipinski definition) is 1. The second kappa shape index (κ2) is 8.43. The molecule has 1 aromatic heterocycles. The first-order valence-electron chi connectivity index (χ1n) is 8.96. The molecule has 0 spiro atoms. The van der Waals surface area contributed by atoms with Crippen LogP contribution in [0.4, 0.5) is 0 Å². The molecule has 0 aliphatic heterocycles. The van der Waals surface area contributed by atoms with Gasteiger partial charge in [0, 0.05) is 0 Å². The van der Waals surface area contributed by atoms with E-state index in [9.17, 15) is 4.79 Å². The van der Waals surface area contributed by atoms with E-state index in [0.717, 1.165) is 22.5 Å². The number of para-hydroxylation sites is 1. The molecule has 1 atom stereocenters. The number of aromatic nitrogens is 1. The van der Waals surface area contributed by atoms with Gasteiger partial charge in [0.1, 0.15) is 5.01 Å². The zero-order valence-electron chi connectivity index (χ0n) is 15.5. The average Bonchev–Trinajstić information content (AvgIpc) is 3.03. The molecule has 1 N–H and O–H groups in total. The van der Waals surface area contributed by atoms with Crippen LogP contribution in [0.5, 0.6) is 0 Å². The Labute approximate surface area is 158 Å². The summed E-state index contributed by atoms with van der Waals surface area (Å²) in [6.07, 6.45) is 1.03. The predicted molar refractivity (Wildman–Crippen MR) is 108 cm³/mol. The molecule has 136 valence electrons. The first-order valence-corrected chi connectivity index (χ1v) is 9.78. The quantitative estimate of drug-likeness (QED) is 0.682. The Hall–Kier alpha value is -2.24. The molecule has 5 heteroatoms. The van der Waals surface area contributed by atoms with Gasteiger partial charge in [-0.2, -0.15) is 0 Å². The largest absolute Gasteiger partial charge is 0.348 e. The molecule has 2 aromatic carbocycles. The molecule has 0 bridgehead atoms. The summed E-state index contributed by atoms with van der Waals surface area (Å²) in [6, 6.07) is 16.6. The maximum atomic E-state index is 12.4. The summed E-state index contributed by atoms with van der Waals surface area (Å²) in [7, 11) is 1.95. The molecule has 0 aliphatic carbocycles. The molecule has 0 unspecified atom stereocenters. The molecule has 1 amide bonds. The molecule has 1 heterocycles. The molecular weight excluding hydrogens is 342 g/mol. The van der Waals surface area contributed by atoms with E-state index in [1.165, 1.54) is 10.3 Å². The second-order valence-corrected chi connectivity index (χ2v) is 7.75. The van der Waals surface area contributed by atoms with Gasteiger partial charge in [-0.15, -0.1) is 11.3 Å². The number of likely N-dealkylation sites (N-methyl/N-ethyl adjacent to an activating group) is 1. The van der Waals surface area contributed by atoms with Crippen molar-refractivity contribution in [3.05, 3.63) is 64.7 Å². The van der Waals surface area contributed by atoms with Gasteiger partial charge in [-0.25, -0.2) is 4.98 Å². The Morgan fingerprint density at radius 2 is 1.92 bits per heavy atom. The van der Waals surface area contributed by atoms with Crippen molar-refractivity contribution in [2.75, 3.05) is 13.6 Å². The highest BCUT2D eigenvalue weighted by atomic mass is 32.1. The summed E-state index contributed by atoms with van der Waals surface area (Å²) in [6.45, 7) is 5.19. The topological polar surface area (TPSA) is 45.2 Å². The third-order valence-corrected chi connectivity index (χ3v) is 5.44. The number of aryl methyl sites for hydroxylation is 1. The minimum atomic E-state index is 0.00394. The van der Waals surface area contributed by atoms with E-state index in [4.69, 9.17) is 0 Å². The van der Waals surface area contributed by atoms with Gasteiger partial charge < -0.3 is 5.32 Å². The summed E-state index contributed by atoms with van der Waals surface area (Å²) < 4.78 is 1.18. The number of hydrogen-bond acceptors (Lipinski definition) is 4. The number of benzene rings is 2. The van der Waals surface area contributed by atoms with Crippen molar-refractivity contribution in [1.29, 1.82) is 0 Å². The second-order valence-electron chi connectivity index (χ2n) is 6.63. The number of carbonyl (C=O) groups excluding carboxylic acids is 1. The smallest absolute Gasteiger partial charge is 0.234 e. The van der Waals surface area contributed by atoms with Gasteiger partial charge in [-0.1, -0.05) is 43.3 Å². The Kier molecular flexibility index (Phi) is 6.01. The van der Waals surface area contributed by atoms with Crippen LogP contribution >= 0.6 is 11.3 Å². The lowest BCUT2D eigenvalue weighted by Gasteiger charge is -2.18. The van der Waals surface area contributed by atoms with Gasteiger partial charge in [0.25, 0.3) is 0 Å². The fourth-order valence-electron chi connectivity index (χ4n) is 2.93. The maximum absolute atomic E-state index is 12.4. The standard InChI is InChI=1S/C21H25N3OS/c1-4-16-9-11-17(12-10-16)15(2)22-20(25)13-24(3)14-21-23-18-7-5-6-8-19(18)26-21/h5-12,15H,4,13-14H2,1-3H3,(H,22,25)/t15-/m1/s1. The molecule has 0 saturated heterocycles. The lowest BCUT2D eigenvalue weighted by atomic mass is 10.1. The molecule has 3 aromatic rings. The van der Waals surface area contributed by atoms with Gasteiger partial charge in [0.05, 0.1) is 29.3 Å². The fraction of sp³-hybridized carbons (Fsp3) is 0.333. The van der Waals surface area contributed by atoms with Crippen molar-refractivity contribution in [3.63, 3.8) is 0 Å². The number of fused-ring (bicyclic) bond motifs is 1. The summed E-state index contributed by atoms with van der Waals surface area (Å²) in [5.74, 6) is 0.0284. The summed E-state index contributed by atoms with van der Waals surface area (Å²) in [4.78, 5) is 19.0. The summed E-state index contributed by atoms with van der Waals surface area (Å²) in [5.41, 5.74) is 3.46. The van der Waals surface area contributed by atoms with Crippen molar-refractivity contribution in [3.8, 4) is 0 Å². The number of rotatable bonds is 7. The van der Waals surface area contributed by atoms with Crippen LogP contribution in [-0.4, -0.2) is 29.4 Å². The Morgan fingerprint density at radius 1 is 1.19 bits per heavy atom. The van der Waals surface area contributed by atoms with Crippen molar-refractivity contribution in [2.45, 2.75) is 32.9 Å². The Morgan fingerprint density at radius 3 is 2.62 bits per heavy atom. The lowest BCUT2D eigenvalue weighted by Crippen LogP contribution is -2.36. The van der Waals surface area contributed by atoms with Crippen LogP contribution in [0.3, 0.4) is 0 Å². The highest BCUT2D eigenvalue weighted by Gasteiger charge is 2.13. The SMILES string of the molecule is CCc1ccc([C@@H](C)NC(=O)CN(C)Cc2nc3ccccc3s2)cc1. The van der Waals surface area contributed by atoms with Crippen LogP contribution in [-0.2, 0) is 17.8 Å². The average molecular weight is 368 g/mol. The monoisotopic (exact) mass is 367 g/mol. The zero-order chi connectivity index (χ0) is 18.5. The highest BCUT2D eigenvalue weighted by molar-refractivity contribution is 7.18. The molecule has 3 rings (SSSR count). The molecule has 0 saturated carbocycles. The first kappa shape index (κ1) is 18.5. The minimum Gasteiger partial charge on any atom is -0.348 e. The fourth-order valence-corrected chi connectivity index (χ4v) is 3.98. The maximum Gasteiger partial charge on any atom is 0.234 e. The van der Waals surface area contributed by atoms with Crippen molar-refractivity contribution < 1.29 is 4.79 Å². The Bertz CT molecular complexity index is 839. The minimum absolute atomic E-state index is 0.00394. The Balaban J connectivity index is 1.53. The molecule has 0 radical (unpaired) electrons. The van der Waals surface area contributed by atoms with E-state index in [0.29, 0.717) is 13.1 Å². The van der Waals surface area contributed by atoms with Crippen molar-refractivity contribution in [1.82, 2.24) is 15.2 Å². The number of nitrogens with zero attached hydrogens (tertiary/aromatic N) is 2. The highest BCUT2D eigenvalue weighted by Crippen LogP contribution is 2.22. The van der Waals surface area contributed by atoms with Gasteiger partial charge >= 0.3 is 0 Å². The van der Waals surface area contributed by atoms with Crippen LogP contribution in [0.1, 0.15) is 36.0 Å². The van der Waals surface area contributed by atoms with Gasteiger partial charge in [-0.05, 0) is 43.7 Å². The number of thiazole rings is 1. The summed E-state index contributed by atoms with van der Waals surface area (Å²) >= 11 is 1.68. The van der Waals surface area contributed by atoms with Crippen LogP contribution in [0.25, 0.3) is 10.2 Å². The number of nitrogens with one attached hydrogen (secondary N) is 1. The van der Waals surface area contributed by atoms with Gasteiger partial charge in [0.2, 0.25) is 5.91 Å². The predicted octanol–water partition coefficient (Wildman–Crippen LogP) is 4.17. The van der Waals surface area contributed by atoms with E-state index in [-0.39, 0.29) is 11.9 Å². The van der Waals surface area contributed by atoms with Crippen molar-refractivity contribution in [2.24, 2.45) is 0 Å². The zero-order valence-corrected chi connectivity index (χ0v) is 16.3. The summed E-state index contributed by atoms with van der Waals surface area (Å²) in [5, 5.41) is 4.11. The van der Waals surface area contributed by atoms with E-state index in [1.54, 1.807) is 11.3 Å². The molecule has 0 fully saturated rings. The normalized spacial score (nSPS) is 12.5. The van der Waals surface area contributed by atoms with Gasteiger partial charge in [0.15, 0.2) is 0 Å². The van der Waals surface area contributed by atoms with Crippen LogP contribution in [0.2, 0.25) is 0 Å². The molecule has 26 heavy (non-hydrogen) atoms. The number of amides is 1. The molecular formula is C21H25N3OS. The van der Waals surface area contributed by atoms with Crippen molar-refractivity contribution >= 4 is 27.5 Å². The van der Waals surface area contributed by atoms with Gasteiger partial charge in [-0.3, -0.25) is 9.69 Å². The first-order chi connectivity index (χ1) is 12.5. The van der Waals surface area contributed by atoms with E-state index >= 15 is 0 Å². The van der Waals surface area contributed by atoms with E-state index < -0.39 is 0 Å². The number of carbonyl (C=O) groups is 1. The lowest BCUT2D eigenvalue weighted by molar-refractivity contribution is -0.122. The van der Waals surface area contributed by atoms with E-state index in [1.807, 2.05) is 37.1 Å². The van der Waals surface area contributed by atoms with E-state index in [2.05, 4.69) is 47.6 Å². The van der Waals surface area contributed by atoms with Crippen LogP contribution in [0, 0.1) is 0 Å². The third-order valence-electron chi connectivity index (χ3n) is 4.42. The third kappa shape index (κ3) is 4.68.